The molecule has 0 aromatic heterocycles. The average molecular weight is 166 g/mol. The molecule has 0 radical (unpaired) electrons. The van der Waals surface area contributed by atoms with Crippen LogP contribution in [0, 0.1) is 17.2 Å². The molecule has 66 valence electrons. The monoisotopic (exact) mass is 166 g/mol. The summed E-state index contributed by atoms with van der Waals surface area (Å²) in [6.45, 7) is 3.99. The highest BCUT2D eigenvalue weighted by molar-refractivity contribution is 5.79. The molecule has 1 rings (SSSR count). The number of amides is 1. The predicted octanol–water partition coefficient (Wildman–Crippen LogP) is 1.16. The van der Waals surface area contributed by atoms with Crippen LogP contribution in [-0.4, -0.2) is 23.4 Å². The molecule has 3 nitrogen and oxygen atoms in total. The van der Waals surface area contributed by atoms with E-state index in [1.54, 1.807) is 4.90 Å². The Kier molecular flexibility index (Phi) is 2.69. The molecule has 0 spiro atoms. The minimum atomic E-state index is 0.0129. The van der Waals surface area contributed by atoms with Crippen molar-refractivity contribution in [3.63, 3.8) is 0 Å². The highest BCUT2D eigenvalue weighted by Gasteiger charge is 2.32. The van der Waals surface area contributed by atoms with E-state index >= 15 is 0 Å². The van der Waals surface area contributed by atoms with E-state index in [-0.39, 0.29) is 18.4 Å². The fourth-order valence-electron chi connectivity index (χ4n) is 1.18. The summed E-state index contributed by atoms with van der Waals surface area (Å²) in [7, 11) is 0. The van der Waals surface area contributed by atoms with Crippen LogP contribution in [0.1, 0.15) is 26.7 Å². The highest BCUT2D eigenvalue weighted by Crippen LogP contribution is 2.27. The Morgan fingerprint density at radius 2 is 2.25 bits per heavy atom. The standard InChI is InChI=1S/C9H14N2O/c1-7(2)9(12)11(6-5-10)8-3-4-8/h7-8H,3-4,6H2,1-2H3. The lowest BCUT2D eigenvalue weighted by molar-refractivity contribution is -0.134. The topological polar surface area (TPSA) is 44.1 Å². The van der Waals surface area contributed by atoms with Gasteiger partial charge in [-0.05, 0) is 12.8 Å². The molecule has 1 fully saturated rings. The second-order valence-corrected chi connectivity index (χ2v) is 3.51. The van der Waals surface area contributed by atoms with Gasteiger partial charge in [0.1, 0.15) is 6.54 Å². The quantitative estimate of drug-likeness (QED) is 0.590. The molecule has 1 aliphatic carbocycles. The Labute approximate surface area is 73.0 Å². The zero-order chi connectivity index (χ0) is 9.14. The van der Waals surface area contributed by atoms with Gasteiger partial charge in [-0.2, -0.15) is 5.26 Å². The van der Waals surface area contributed by atoms with E-state index in [2.05, 4.69) is 0 Å². The fourth-order valence-corrected chi connectivity index (χ4v) is 1.18. The Balaban J connectivity index is 2.53. The van der Waals surface area contributed by atoms with Crippen LogP contribution in [0.5, 0.6) is 0 Å². The maximum Gasteiger partial charge on any atom is 0.226 e. The number of nitriles is 1. The maximum atomic E-state index is 11.5. The van der Waals surface area contributed by atoms with Gasteiger partial charge in [0.05, 0.1) is 6.07 Å². The second kappa shape index (κ2) is 3.57. The van der Waals surface area contributed by atoms with Crippen molar-refractivity contribution < 1.29 is 4.79 Å². The van der Waals surface area contributed by atoms with E-state index in [9.17, 15) is 4.79 Å². The number of carbonyl (C=O) groups excluding carboxylic acids is 1. The van der Waals surface area contributed by atoms with Gasteiger partial charge in [-0.25, -0.2) is 0 Å². The van der Waals surface area contributed by atoms with E-state index in [0.717, 1.165) is 12.8 Å². The van der Waals surface area contributed by atoms with Gasteiger partial charge in [0.25, 0.3) is 0 Å². The molecule has 0 aliphatic heterocycles. The van der Waals surface area contributed by atoms with Gasteiger partial charge in [-0.1, -0.05) is 13.8 Å². The van der Waals surface area contributed by atoms with E-state index in [1.807, 2.05) is 19.9 Å². The van der Waals surface area contributed by atoms with Crippen LogP contribution in [0.3, 0.4) is 0 Å². The molecule has 0 aromatic carbocycles. The van der Waals surface area contributed by atoms with E-state index in [4.69, 9.17) is 5.26 Å². The minimum Gasteiger partial charge on any atom is -0.326 e. The summed E-state index contributed by atoms with van der Waals surface area (Å²) in [5.41, 5.74) is 0. The lowest BCUT2D eigenvalue weighted by Crippen LogP contribution is -2.36. The molecule has 0 atom stereocenters. The van der Waals surface area contributed by atoms with Gasteiger partial charge in [0.15, 0.2) is 0 Å². The van der Waals surface area contributed by atoms with Crippen LogP contribution in [0.15, 0.2) is 0 Å². The summed E-state index contributed by atoms with van der Waals surface area (Å²) in [6, 6.07) is 2.39. The van der Waals surface area contributed by atoms with Crippen molar-refractivity contribution in [3.8, 4) is 6.07 Å². The Morgan fingerprint density at radius 3 is 2.58 bits per heavy atom. The fraction of sp³-hybridized carbons (Fsp3) is 0.778. The summed E-state index contributed by atoms with van der Waals surface area (Å²) >= 11 is 0. The molecule has 0 unspecified atom stereocenters. The normalized spacial score (nSPS) is 15.8. The number of hydrogen-bond donors (Lipinski definition) is 0. The summed E-state index contributed by atoms with van der Waals surface area (Å²) in [5.74, 6) is 0.123. The van der Waals surface area contributed by atoms with Crippen molar-refractivity contribution in [3.05, 3.63) is 0 Å². The van der Waals surface area contributed by atoms with Crippen LogP contribution >= 0.6 is 0 Å². The van der Waals surface area contributed by atoms with Crippen molar-refractivity contribution in [1.82, 2.24) is 4.90 Å². The molecule has 0 bridgehead atoms. The number of hydrogen-bond acceptors (Lipinski definition) is 2. The van der Waals surface area contributed by atoms with Gasteiger partial charge in [0, 0.05) is 12.0 Å². The zero-order valence-electron chi connectivity index (χ0n) is 7.58. The first-order chi connectivity index (χ1) is 5.66. The van der Waals surface area contributed by atoms with Crippen LogP contribution in [0.2, 0.25) is 0 Å². The van der Waals surface area contributed by atoms with E-state index in [1.165, 1.54) is 0 Å². The number of carbonyl (C=O) groups is 1. The van der Waals surface area contributed by atoms with Crippen molar-refractivity contribution >= 4 is 5.91 Å². The van der Waals surface area contributed by atoms with Gasteiger partial charge < -0.3 is 4.90 Å². The highest BCUT2D eigenvalue weighted by atomic mass is 16.2. The van der Waals surface area contributed by atoms with Crippen LogP contribution in [-0.2, 0) is 4.79 Å². The van der Waals surface area contributed by atoms with Crippen molar-refractivity contribution in [2.24, 2.45) is 5.92 Å². The van der Waals surface area contributed by atoms with Gasteiger partial charge in [-0.3, -0.25) is 4.79 Å². The first kappa shape index (κ1) is 9.05. The summed E-state index contributed by atoms with van der Waals surface area (Å²) < 4.78 is 0. The largest absolute Gasteiger partial charge is 0.326 e. The van der Waals surface area contributed by atoms with Gasteiger partial charge >= 0.3 is 0 Å². The molecule has 12 heavy (non-hydrogen) atoms. The second-order valence-electron chi connectivity index (χ2n) is 3.51. The Morgan fingerprint density at radius 1 is 1.67 bits per heavy atom. The van der Waals surface area contributed by atoms with Gasteiger partial charge in [0.2, 0.25) is 5.91 Å². The SMILES string of the molecule is CC(C)C(=O)N(CC#N)C1CC1. The smallest absolute Gasteiger partial charge is 0.226 e. The first-order valence-corrected chi connectivity index (χ1v) is 4.34. The van der Waals surface area contributed by atoms with Crippen molar-refractivity contribution in [2.75, 3.05) is 6.54 Å². The van der Waals surface area contributed by atoms with Crippen LogP contribution < -0.4 is 0 Å². The number of nitrogens with zero attached hydrogens (tertiary/aromatic N) is 2. The predicted molar refractivity (Wildman–Crippen MR) is 45.2 cm³/mol. The molecule has 1 amide bonds. The first-order valence-electron chi connectivity index (χ1n) is 4.34. The molecule has 3 heteroatoms. The lowest BCUT2D eigenvalue weighted by Gasteiger charge is -2.20. The summed E-state index contributed by atoms with van der Waals surface area (Å²) in [5, 5.41) is 8.50. The van der Waals surface area contributed by atoms with E-state index in [0.29, 0.717) is 6.04 Å². The Bertz CT molecular complexity index is 213. The van der Waals surface area contributed by atoms with E-state index < -0.39 is 0 Å². The van der Waals surface area contributed by atoms with Gasteiger partial charge in [-0.15, -0.1) is 0 Å². The molecule has 1 aliphatic rings. The molecule has 0 aromatic rings. The third-order valence-corrected chi connectivity index (χ3v) is 2.01. The molecule has 0 saturated heterocycles. The third-order valence-electron chi connectivity index (χ3n) is 2.01. The summed E-state index contributed by atoms with van der Waals surface area (Å²) in [4.78, 5) is 13.2. The summed E-state index contributed by atoms with van der Waals surface area (Å²) in [6.07, 6.45) is 2.14. The maximum absolute atomic E-state index is 11.5. The lowest BCUT2D eigenvalue weighted by atomic mass is 10.2. The van der Waals surface area contributed by atoms with Crippen LogP contribution in [0.25, 0.3) is 0 Å². The molecular weight excluding hydrogens is 152 g/mol. The average Bonchev–Trinajstić information content (AvgIpc) is 2.81. The molecular formula is C9H14N2O. The minimum absolute atomic E-state index is 0.0129. The molecule has 1 saturated carbocycles. The molecule has 0 heterocycles. The molecule has 0 N–H and O–H groups in total. The van der Waals surface area contributed by atoms with Crippen molar-refractivity contribution in [1.29, 1.82) is 5.26 Å². The third kappa shape index (κ3) is 1.97. The number of rotatable bonds is 3. The zero-order valence-corrected chi connectivity index (χ0v) is 7.58. The van der Waals surface area contributed by atoms with Crippen molar-refractivity contribution in [2.45, 2.75) is 32.7 Å². The van der Waals surface area contributed by atoms with Crippen LogP contribution in [0.4, 0.5) is 0 Å². The Hall–Kier alpha value is -1.04.